The Kier molecular flexibility index (Phi) is 7.54. The summed E-state index contributed by atoms with van der Waals surface area (Å²) in [5.74, 6) is 0.768. The summed E-state index contributed by atoms with van der Waals surface area (Å²) in [5.41, 5.74) is 1.23. The van der Waals surface area contributed by atoms with E-state index in [1.54, 1.807) is 37.6 Å². The van der Waals surface area contributed by atoms with Crippen molar-refractivity contribution in [3.63, 3.8) is 0 Å². The van der Waals surface area contributed by atoms with Gasteiger partial charge in [0, 0.05) is 18.8 Å². The van der Waals surface area contributed by atoms with Gasteiger partial charge in [-0.15, -0.1) is 0 Å². The molecule has 2 aromatic rings. The van der Waals surface area contributed by atoms with Crippen LogP contribution in [-0.2, 0) is 6.54 Å². The third kappa shape index (κ3) is 5.64. The highest BCUT2D eigenvalue weighted by molar-refractivity contribution is 6.34. The van der Waals surface area contributed by atoms with Crippen LogP contribution in [-0.4, -0.2) is 24.6 Å². The van der Waals surface area contributed by atoms with Crippen molar-refractivity contribution in [3.05, 3.63) is 52.7 Å². The van der Waals surface area contributed by atoms with Crippen molar-refractivity contribution in [3.8, 4) is 11.6 Å². The highest BCUT2D eigenvalue weighted by Gasteiger charge is 2.16. The molecule has 6 heteroatoms. The number of hydrogen-bond acceptors (Lipinski definition) is 4. The molecule has 2 rings (SSSR count). The number of rotatable bonds is 9. The third-order valence-corrected chi connectivity index (χ3v) is 3.98. The van der Waals surface area contributed by atoms with E-state index in [9.17, 15) is 4.79 Å². The van der Waals surface area contributed by atoms with Crippen LogP contribution in [0.15, 0.2) is 36.5 Å². The Hall–Kier alpha value is -2.27. The van der Waals surface area contributed by atoms with Gasteiger partial charge in [0.05, 0.1) is 24.3 Å². The van der Waals surface area contributed by atoms with Crippen LogP contribution in [0.5, 0.6) is 11.6 Å². The van der Waals surface area contributed by atoms with Gasteiger partial charge < -0.3 is 14.8 Å². The lowest BCUT2D eigenvalue weighted by Crippen LogP contribution is -2.24. The molecule has 134 valence electrons. The smallest absolute Gasteiger partial charge is 0.256 e. The average Bonchev–Trinajstić information content (AvgIpc) is 2.64. The van der Waals surface area contributed by atoms with E-state index < -0.39 is 0 Å². The zero-order valence-corrected chi connectivity index (χ0v) is 15.3. The van der Waals surface area contributed by atoms with Gasteiger partial charge in [0.15, 0.2) is 0 Å². The van der Waals surface area contributed by atoms with Crippen LogP contribution in [0, 0.1) is 0 Å². The molecule has 0 aliphatic carbocycles. The second-order valence-electron chi connectivity index (χ2n) is 5.56. The van der Waals surface area contributed by atoms with Crippen LogP contribution in [0.4, 0.5) is 0 Å². The fourth-order valence-corrected chi connectivity index (χ4v) is 2.54. The zero-order valence-electron chi connectivity index (χ0n) is 14.5. The summed E-state index contributed by atoms with van der Waals surface area (Å²) in [6, 6.07) is 8.83. The molecular weight excluding hydrogens is 340 g/mol. The fourth-order valence-electron chi connectivity index (χ4n) is 2.29. The Balaban J connectivity index is 2.01. The SMILES string of the molecule is CCCCCOc1cccc(Cl)c1C(=O)NCc1ccc(OC)nc1. The lowest BCUT2D eigenvalue weighted by atomic mass is 10.1. The Bertz CT molecular complexity index is 690. The van der Waals surface area contributed by atoms with Crippen LogP contribution in [0.25, 0.3) is 0 Å². The second-order valence-corrected chi connectivity index (χ2v) is 5.97. The molecule has 0 saturated carbocycles. The van der Waals surface area contributed by atoms with E-state index >= 15 is 0 Å². The molecule has 25 heavy (non-hydrogen) atoms. The molecule has 0 spiro atoms. The molecule has 0 bridgehead atoms. The number of nitrogens with zero attached hydrogens (tertiary/aromatic N) is 1. The van der Waals surface area contributed by atoms with E-state index in [1.165, 1.54) is 0 Å². The van der Waals surface area contributed by atoms with Gasteiger partial charge >= 0.3 is 0 Å². The summed E-state index contributed by atoms with van der Waals surface area (Å²) in [5, 5.41) is 3.22. The number of aromatic nitrogens is 1. The van der Waals surface area contributed by atoms with Gasteiger partial charge in [0.1, 0.15) is 5.75 Å². The molecule has 1 aromatic heterocycles. The van der Waals surface area contributed by atoms with Gasteiger partial charge in [0.25, 0.3) is 5.91 Å². The van der Waals surface area contributed by atoms with Crippen LogP contribution >= 0.6 is 11.6 Å². The lowest BCUT2D eigenvalue weighted by molar-refractivity contribution is 0.0947. The molecule has 1 heterocycles. The predicted octanol–water partition coefficient (Wildman–Crippen LogP) is 4.24. The molecule has 0 fully saturated rings. The van der Waals surface area contributed by atoms with Crippen molar-refractivity contribution in [2.45, 2.75) is 32.7 Å². The summed E-state index contributed by atoms with van der Waals surface area (Å²) in [6.07, 6.45) is 4.81. The van der Waals surface area contributed by atoms with E-state index in [1.807, 2.05) is 6.07 Å². The van der Waals surface area contributed by atoms with Crippen molar-refractivity contribution >= 4 is 17.5 Å². The lowest BCUT2D eigenvalue weighted by Gasteiger charge is -2.13. The molecule has 0 aliphatic heterocycles. The first-order valence-corrected chi connectivity index (χ1v) is 8.72. The van der Waals surface area contributed by atoms with Crippen molar-refractivity contribution in [2.24, 2.45) is 0 Å². The largest absolute Gasteiger partial charge is 0.493 e. The molecule has 5 nitrogen and oxygen atoms in total. The van der Waals surface area contributed by atoms with E-state index in [-0.39, 0.29) is 5.91 Å². The molecule has 0 unspecified atom stereocenters. The highest BCUT2D eigenvalue weighted by Crippen LogP contribution is 2.26. The molecule has 1 N–H and O–H groups in total. The number of unbranched alkanes of at least 4 members (excludes halogenated alkanes) is 2. The van der Waals surface area contributed by atoms with Crippen LogP contribution < -0.4 is 14.8 Å². The first-order chi connectivity index (χ1) is 12.2. The van der Waals surface area contributed by atoms with E-state index in [4.69, 9.17) is 21.1 Å². The maximum absolute atomic E-state index is 12.6. The summed E-state index contributed by atoms with van der Waals surface area (Å²) in [4.78, 5) is 16.7. The Morgan fingerprint density at radius 3 is 2.76 bits per heavy atom. The first-order valence-electron chi connectivity index (χ1n) is 8.34. The third-order valence-electron chi connectivity index (χ3n) is 3.67. The summed E-state index contributed by atoms with van der Waals surface area (Å²) in [6.45, 7) is 3.04. The number of benzene rings is 1. The quantitative estimate of drug-likeness (QED) is 0.678. The van der Waals surface area contributed by atoms with Gasteiger partial charge in [-0.05, 0) is 24.1 Å². The van der Waals surface area contributed by atoms with E-state index in [0.717, 1.165) is 24.8 Å². The van der Waals surface area contributed by atoms with Crippen LogP contribution in [0.2, 0.25) is 5.02 Å². The standard InChI is InChI=1S/C19H23ClN2O3/c1-3-4-5-11-25-16-8-6-7-15(20)18(16)19(23)22-13-14-9-10-17(24-2)21-12-14/h6-10,12H,3-5,11,13H2,1-2H3,(H,22,23). The number of halogens is 1. The number of methoxy groups -OCH3 is 1. The van der Waals surface area contributed by atoms with Crippen molar-refractivity contribution in [1.82, 2.24) is 10.3 Å². The normalized spacial score (nSPS) is 10.4. The van der Waals surface area contributed by atoms with Gasteiger partial charge in [0.2, 0.25) is 5.88 Å². The molecule has 0 atom stereocenters. The Morgan fingerprint density at radius 2 is 2.08 bits per heavy atom. The number of amides is 1. The minimum absolute atomic E-state index is 0.271. The summed E-state index contributed by atoms with van der Waals surface area (Å²) < 4.78 is 10.8. The minimum atomic E-state index is -0.271. The zero-order chi connectivity index (χ0) is 18.1. The molecule has 1 aromatic carbocycles. The molecule has 1 amide bonds. The number of hydrogen-bond donors (Lipinski definition) is 1. The Morgan fingerprint density at radius 1 is 1.24 bits per heavy atom. The summed E-state index contributed by atoms with van der Waals surface area (Å²) >= 11 is 6.22. The Labute approximate surface area is 153 Å². The number of ether oxygens (including phenoxy) is 2. The van der Waals surface area contributed by atoms with E-state index in [0.29, 0.717) is 35.4 Å². The topological polar surface area (TPSA) is 60.5 Å². The fraction of sp³-hybridized carbons (Fsp3) is 0.368. The monoisotopic (exact) mass is 362 g/mol. The molecule has 0 radical (unpaired) electrons. The van der Waals surface area contributed by atoms with Crippen molar-refractivity contribution in [2.75, 3.05) is 13.7 Å². The maximum atomic E-state index is 12.6. The number of carbonyl (C=O) groups excluding carboxylic acids is 1. The number of pyridine rings is 1. The highest BCUT2D eigenvalue weighted by atomic mass is 35.5. The second kappa shape index (κ2) is 9.89. The van der Waals surface area contributed by atoms with Gasteiger partial charge in [-0.2, -0.15) is 0 Å². The maximum Gasteiger partial charge on any atom is 0.256 e. The number of nitrogens with one attached hydrogen (secondary N) is 1. The summed E-state index contributed by atoms with van der Waals surface area (Å²) in [7, 11) is 1.56. The predicted molar refractivity (Wildman–Crippen MR) is 98.4 cm³/mol. The van der Waals surface area contributed by atoms with Crippen molar-refractivity contribution in [1.29, 1.82) is 0 Å². The molecule has 0 aliphatic rings. The van der Waals surface area contributed by atoms with Gasteiger partial charge in [-0.25, -0.2) is 4.98 Å². The van der Waals surface area contributed by atoms with Crippen LogP contribution in [0.3, 0.4) is 0 Å². The average molecular weight is 363 g/mol. The van der Waals surface area contributed by atoms with Gasteiger partial charge in [-0.3, -0.25) is 4.79 Å². The minimum Gasteiger partial charge on any atom is -0.493 e. The molecular formula is C19H23ClN2O3. The number of carbonyl (C=O) groups is 1. The molecule has 0 saturated heterocycles. The van der Waals surface area contributed by atoms with Gasteiger partial charge in [-0.1, -0.05) is 43.5 Å². The van der Waals surface area contributed by atoms with E-state index in [2.05, 4.69) is 17.2 Å². The first kappa shape index (κ1) is 19.1. The van der Waals surface area contributed by atoms with Crippen LogP contribution in [0.1, 0.15) is 42.1 Å². The van der Waals surface area contributed by atoms with Crippen molar-refractivity contribution < 1.29 is 14.3 Å².